The summed E-state index contributed by atoms with van der Waals surface area (Å²) in [5, 5.41) is 8.30. The van der Waals surface area contributed by atoms with Gasteiger partial charge in [-0.15, -0.1) is 0 Å². The maximum Gasteiger partial charge on any atom is 0.519 e. The average molecular weight is 2030 g/mol. The lowest BCUT2D eigenvalue weighted by Gasteiger charge is -2.21. The van der Waals surface area contributed by atoms with Gasteiger partial charge in [0.2, 0.25) is 0 Å². The molecule has 0 saturated carbocycles. The molecule has 0 fully saturated rings. The SMILES string of the molecule is C.C=C1OC(C)=C(CC(C)(C)C)O1.CC(C)(C)C(=O)OCCO.CCCOCC(C)C(=O)C(C)(C)C.CCOC(=O)C(C)(C)C.CCOC(=O)C(C)(C)C.CCOC(=O)C(C)(C)C.CCOC(=O)C(C)(C)C.COC(=O)C(C)(C)C.COC(=O)C(C)(C)C.COCCOC(=O)C(C)(C)C.COCCOCC(C)C(=O)C(C)(C)C.COCCOCCC(=O)C(C)(C)C.Cc1oc(=O)oc1COC(=O)C(C)(C)C. The van der Waals surface area contributed by atoms with Crippen molar-refractivity contribution >= 4 is 71.1 Å². The quantitative estimate of drug-likeness (QED) is 0.0442. The third kappa shape index (κ3) is 101. The minimum Gasteiger partial charge on any atom is -0.469 e. The fourth-order valence-electron chi connectivity index (χ4n) is 7.97. The summed E-state index contributed by atoms with van der Waals surface area (Å²) < 4.78 is 92.5. The minimum absolute atomic E-state index is 0. The van der Waals surface area contributed by atoms with Crippen molar-refractivity contribution in [1.82, 2.24) is 0 Å². The Morgan fingerprint density at radius 2 is 0.610 bits per heavy atom. The molecule has 2 unspecified atom stereocenters. The lowest BCUT2D eigenvalue weighted by atomic mass is 9.84. The number of esters is 9. The van der Waals surface area contributed by atoms with Crippen LogP contribution in [0.2, 0.25) is 0 Å². The van der Waals surface area contributed by atoms with Crippen LogP contribution in [0.25, 0.3) is 0 Å². The maximum atomic E-state index is 11.7. The molecule has 33 nitrogen and oxygen atoms in total. The first-order valence-electron chi connectivity index (χ1n) is 48.0. The molecule has 838 valence electrons. The van der Waals surface area contributed by atoms with E-state index >= 15 is 0 Å². The van der Waals surface area contributed by atoms with E-state index in [0.717, 1.165) is 31.0 Å². The first kappa shape index (κ1) is 158. The second-order valence-electron chi connectivity index (χ2n) is 45.6. The van der Waals surface area contributed by atoms with E-state index in [4.69, 9.17) is 71.4 Å². The predicted molar refractivity (Wildman–Crippen MR) is 556 cm³/mol. The van der Waals surface area contributed by atoms with Gasteiger partial charge in [0.05, 0.1) is 149 Å². The Balaban J connectivity index is -0.000000128. The number of Topliss-reactive ketones (excluding diaryl/α,β-unsaturated/α-hetero) is 3. The van der Waals surface area contributed by atoms with Crippen LogP contribution in [0, 0.1) is 89.2 Å². The average Bonchev–Trinajstić information content (AvgIpc) is 1.72. The minimum atomic E-state index is -0.783. The van der Waals surface area contributed by atoms with Gasteiger partial charge in [0.25, 0.3) is 5.95 Å². The number of hydrogen-bond donors (Lipinski definition) is 1. The maximum absolute atomic E-state index is 11.7. The lowest BCUT2D eigenvalue weighted by Crippen LogP contribution is -2.29. The van der Waals surface area contributed by atoms with Crippen molar-refractivity contribution in [1.29, 1.82) is 0 Å². The molecule has 1 aromatic rings. The van der Waals surface area contributed by atoms with E-state index in [1.54, 1.807) is 69.8 Å². The number of aliphatic hydroxyl groups excluding tert-OH is 1. The highest BCUT2D eigenvalue weighted by Gasteiger charge is 2.32. The Morgan fingerprint density at radius 3 is 0.823 bits per heavy atom. The summed E-state index contributed by atoms with van der Waals surface area (Å²) in [6.07, 6.45) is 2.39. The van der Waals surface area contributed by atoms with Gasteiger partial charge >= 0.3 is 59.5 Å². The number of aryl methyl sites for hydroxylation is 1. The molecule has 0 radical (unpaired) electrons. The normalized spacial score (nSPS) is 12.3. The largest absolute Gasteiger partial charge is 0.519 e. The zero-order valence-corrected chi connectivity index (χ0v) is 98.0. The molecule has 141 heavy (non-hydrogen) atoms. The molecule has 1 aliphatic heterocycles. The highest BCUT2D eigenvalue weighted by atomic mass is 16.7. The Bertz CT molecular complexity index is 3490. The molecule has 0 saturated heterocycles. The van der Waals surface area contributed by atoms with Crippen molar-refractivity contribution in [3.8, 4) is 0 Å². The van der Waals surface area contributed by atoms with Crippen LogP contribution in [0.4, 0.5) is 0 Å². The van der Waals surface area contributed by atoms with Gasteiger partial charge in [-0.05, 0) is 247 Å². The summed E-state index contributed by atoms with van der Waals surface area (Å²) in [5.74, 6) is 1.01. The van der Waals surface area contributed by atoms with E-state index in [1.807, 2.05) is 256 Å². The fourth-order valence-corrected chi connectivity index (χ4v) is 7.97. The number of ketones is 3. The second kappa shape index (κ2) is 79.4. The highest BCUT2D eigenvalue weighted by Crippen LogP contribution is 2.33. The van der Waals surface area contributed by atoms with Gasteiger partial charge in [0.1, 0.15) is 42.1 Å². The molecule has 1 N–H and O–H groups in total. The lowest BCUT2D eigenvalue weighted by molar-refractivity contribution is -0.155. The standard InChI is InChI=1S/C11H22O3.C11H22O2.C10H14O5.C10H20O3.C10H16O2.C8H16O3.C7H14O3.4C7H14O2.2C6H12O2.CH4/c1-9(8-14-7-6-13-5)10(12)11(2,3)4;1-6-7-13-8-9(2)10(12)11(3,4)5;1-6-7(15-9(12)14-6)5-13-8(11)10(2,3)4;1-10(2,3)9(11)5-6-13-8-7-12-4;1-7-9(6-10(3,4)5)12-8(2)11-7;1-8(2,3)7(9)11-6-5-10-4;1-7(2,3)6(9)10-5-4-8;4*1-5-9-6(8)7(2,3)4;2*1-6(2,3)5(7)8-4;/h9H,6-8H2,1-5H3;9H,6-8H2,1-5H3;5H2,1-4H3;5-8H2,1-4H3;2,6H2,1,3-5H3;5-6H2,1-4H3;8H,4-5H2,1-3H3;4*5H2,1-4H3;2*1-4H3;1H4. The van der Waals surface area contributed by atoms with E-state index in [0.29, 0.717) is 104 Å². The predicted octanol–water partition coefficient (Wildman–Crippen LogP) is 22.2. The third-order valence-corrected chi connectivity index (χ3v) is 16.2. The van der Waals surface area contributed by atoms with Crippen molar-refractivity contribution in [3.05, 3.63) is 46.2 Å². The van der Waals surface area contributed by atoms with E-state index < -0.39 is 22.1 Å². The Morgan fingerprint density at radius 1 is 0.333 bits per heavy atom. The molecule has 2 heterocycles. The van der Waals surface area contributed by atoms with Crippen LogP contribution in [-0.2, 0) is 145 Å². The van der Waals surface area contributed by atoms with Gasteiger partial charge in [-0.2, -0.15) is 0 Å². The van der Waals surface area contributed by atoms with Crippen molar-refractivity contribution in [2.75, 3.05) is 141 Å². The summed E-state index contributed by atoms with van der Waals surface area (Å²) in [4.78, 5) is 143. The van der Waals surface area contributed by atoms with Crippen LogP contribution in [-0.4, -0.2) is 217 Å². The molecule has 33 heteroatoms. The van der Waals surface area contributed by atoms with E-state index in [-0.39, 0.29) is 170 Å². The van der Waals surface area contributed by atoms with Crippen molar-refractivity contribution in [2.45, 2.75) is 366 Å². The van der Waals surface area contributed by atoms with Crippen molar-refractivity contribution in [2.24, 2.45) is 82.2 Å². The molecule has 0 amide bonds. The molecule has 2 rings (SSSR count). The van der Waals surface area contributed by atoms with E-state index in [9.17, 15) is 62.3 Å². The number of methoxy groups -OCH3 is 5. The Kier molecular flexibility index (Phi) is 89.1. The number of ether oxygens (including phenoxy) is 17. The number of rotatable bonds is 29. The van der Waals surface area contributed by atoms with Gasteiger partial charge in [-0.25, -0.2) is 4.79 Å². The summed E-state index contributed by atoms with van der Waals surface area (Å²) in [6, 6.07) is 0. The number of aliphatic hydroxyl groups is 1. The molecule has 0 aliphatic carbocycles. The van der Waals surface area contributed by atoms with E-state index in [1.165, 1.54) is 14.2 Å². The molecular weight excluding hydrogens is 1830 g/mol. The summed E-state index contributed by atoms with van der Waals surface area (Å²) >= 11 is 0. The topological polar surface area (TPSA) is 425 Å². The second-order valence-corrected chi connectivity index (χ2v) is 45.6. The van der Waals surface area contributed by atoms with Gasteiger partial charge < -0.3 is 94.5 Å². The first-order valence-corrected chi connectivity index (χ1v) is 48.0. The van der Waals surface area contributed by atoms with Gasteiger partial charge in [0, 0.05) is 68.9 Å². The van der Waals surface area contributed by atoms with E-state index in [2.05, 4.69) is 57.3 Å². The Hall–Kier alpha value is -7.95. The third-order valence-electron chi connectivity index (χ3n) is 16.2. The molecule has 0 bridgehead atoms. The molecule has 1 aliphatic rings. The smallest absolute Gasteiger partial charge is 0.469 e. The number of carbonyl (C=O) groups is 12. The van der Waals surface area contributed by atoms with Crippen molar-refractivity contribution < 1.29 is 152 Å². The van der Waals surface area contributed by atoms with Gasteiger partial charge in [-0.3, -0.25) is 57.5 Å². The molecule has 1 aromatic heterocycles. The van der Waals surface area contributed by atoms with Crippen LogP contribution in [0.5, 0.6) is 0 Å². The first-order chi connectivity index (χ1) is 62.8. The monoisotopic (exact) mass is 2030 g/mol. The van der Waals surface area contributed by atoms with Crippen LogP contribution >= 0.6 is 0 Å². The van der Waals surface area contributed by atoms with Gasteiger partial charge in [0.15, 0.2) is 18.1 Å². The number of allylic oxidation sites excluding steroid dienone is 2. The van der Waals surface area contributed by atoms with Crippen molar-refractivity contribution in [3.63, 3.8) is 0 Å². The fraction of sp³-hybridized carbons (Fsp3) is 0.824. The van der Waals surface area contributed by atoms with Crippen LogP contribution in [0.1, 0.15) is 364 Å². The van der Waals surface area contributed by atoms with Crippen LogP contribution in [0.3, 0.4) is 0 Å². The Labute approximate surface area is 854 Å². The zero-order valence-electron chi connectivity index (χ0n) is 98.0. The number of carbonyl (C=O) groups excluding carboxylic acids is 12. The van der Waals surface area contributed by atoms with Crippen LogP contribution < -0.4 is 5.82 Å². The van der Waals surface area contributed by atoms with Crippen LogP contribution in [0.15, 0.2) is 37.7 Å². The summed E-state index contributed by atoms with van der Waals surface area (Å²) in [5.41, 5.74) is -4.09. The van der Waals surface area contributed by atoms with Gasteiger partial charge in [-0.1, -0.05) is 111 Å². The highest BCUT2D eigenvalue weighted by molar-refractivity contribution is 5.86. The molecule has 2 atom stereocenters. The number of hydrogen-bond acceptors (Lipinski definition) is 33. The summed E-state index contributed by atoms with van der Waals surface area (Å²) in [6.45, 7) is 100. The molecule has 0 spiro atoms. The zero-order chi connectivity index (χ0) is 114. The molecule has 0 aromatic carbocycles. The molecular formula is C108H208O33. The summed E-state index contributed by atoms with van der Waals surface area (Å²) in [7, 11) is 7.63.